The van der Waals surface area contributed by atoms with E-state index in [1.54, 1.807) is 35.9 Å². The van der Waals surface area contributed by atoms with Gasteiger partial charge in [-0.3, -0.25) is 9.48 Å². The molecule has 1 aliphatic rings. The Morgan fingerprint density at radius 3 is 2.56 bits per heavy atom. The van der Waals surface area contributed by atoms with Crippen molar-refractivity contribution in [3.8, 4) is 11.8 Å². The van der Waals surface area contributed by atoms with Crippen molar-refractivity contribution in [2.24, 2.45) is 5.92 Å². The van der Waals surface area contributed by atoms with Crippen LogP contribution >= 0.6 is 0 Å². The largest absolute Gasteiger partial charge is 0.494 e. The second kappa shape index (κ2) is 8.74. The van der Waals surface area contributed by atoms with Gasteiger partial charge in [-0.1, -0.05) is 25.1 Å². The van der Waals surface area contributed by atoms with E-state index in [-0.39, 0.29) is 17.9 Å². The van der Waals surface area contributed by atoms with Crippen LogP contribution in [0.1, 0.15) is 32.5 Å². The summed E-state index contributed by atoms with van der Waals surface area (Å²) in [7, 11) is -4.01. The topological polar surface area (TPSA) is 126 Å². The Hall–Kier alpha value is -3.42. The smallest absolute Gasteiger partial charge is 0.309 e. The zero-order chi connectivity index (χ0) is 24.7. The average molecular weight is 483 g/mol. The van der Waals surface area contributed by atoms with Crippen molar-refractivity contribution in [2.75, 3.05) is 13.2 Å². The zero-order valence-electron chi connectivity index (χ0n) is 19.2. The van der Waals surface area contributed by atoms with Gasteiger partial charge in [0.15, 0.2) is 0 Å². The number of aliphatic carboxylic acids is 1. The summed E-state index contributed by atoms with van der Waals surface area (Å²) in [6.07, 6.45) is -0.252. The molecule has 2 heterocycles. The first-order valence-electron chi connectivity index (χ1n) is 11.0. The molecular formula is C24H26N4O5S. The van der Waals surface area contributed by atoms with Crippen LogP contribution in [0.25, 0.3) is 10.9 Å². The van der Waals surface area contributed by atoms with Gasteiger partial charge in [0.25, 0.3) is 0 Å². The molecule has 3 atom stereocenters. The Balaban J connectivity index is 1.78. The summed E-state index contributed by atoms with van der Waals surface area (Å²) in [5.74, 6) is -0.862. The van der Waals surface area contributed by atoms with E-state index >= 15 is 0 Å². The lowest BCUT2D eigenvalue weighted by atomic mass is 9.88. The lowest BCUT2D eigenvalue weighted by Gasteiger charge is -2.30. The Morgan fingerprint density at radius 1 is 1.26 bits per heavy atom. The van der Waals surface area contributed by atoms with Crippen LogP contribution in [0.4, 0.5) is 0 Å². The van der Waals surface area contributed by atoms with Gasteiger partial charge in [-0.25, -0.2) is 8.42 Å². The SMILES string of the molecule is CCOc1ccc(S(=O)(=O)N2C[C@H](n3nc(CC(=O)O)c4ccccc43)[C@H](C)[C@]2(C)C#N)cc1. The van der Waals surface area contributed by atoms with Crippen LogP contribution in [0.3, 0.4) is 0 Å². The first-order valence-corrected chi connectivity index (χ1v) is 12.4. The van der Waals surface area contributed by atoms with E-state index in [0.717, 1.165) is 0 Å². The minimum Gasteiger partial charge on any atom is -0.494 e. The molecule has 1 fully saturated rings. The van der Waals surface area contributed by atoms with Crippen molar-refractivity contribution in [3.63, 3.8) is 0 Å². The van der Waals surface area contributed by atoms with Crippen molar-refractivity contribution in [2.45, 2.75) is 43.7 Å². The number of benzene rings is 2. The van der Waals surface area contributed by atoms with Crippen LogP contribution in [0.2, 0.25) is 0 Å². The van der Waals surface area contributed by atoms with Gasteiger partial charge in [0.05, 0.1) is 41.2 Å². The predicted molar refractivity (Wildman–Crippen MR) is 125 cm³/mol. The molecule has 0 bridgehead atoms. The summed E-state index contributed by atoms with van der Waals surface area (Å²) in [4.78, 5) is 11.4. The van der Waals surface area contributed by atoms with Gasteiger partial charge in [-0.2, -0.15) is 14.7 Å². The Kier molecular flexibility index (Phi) is 6.10. The Labute approximate surface area is 198 Å². The number of para-hydroxylation sites is 1. The molecule has 10 heteroatoms. The molecule has 1 saturated heterocycles. The number of aromatic nitrogens is 2. The van der Waals surface area contributed by atoms with Gasteiger partial charge >= 0.3 is 5.97 Å². The molecule has 0 unspecified atom stereocenters. The number of fused-ring (bicyclic) bond motifs is 1. The fourth-order valence-electron chi connectivity index (χ4n) is 4.60. The Bertz CT molecular complexity index is 1380. The monoisotopic (exact) mass is 482 g/mol. The number of hydrogen-bond acceptors (Lipinski definition) is 6. The van der Waals surface area contributed by atoms with Crippen molar-refractivity contribution in [1.82, 2.24) is 14.1 Å². The van der Waals surface area contributed by atoms with Crippen molar-refractivity contribution < 1.29 is 23.1 Å². The van der Waals surface area contributed by atoms with E-state index in [4.69, 9.17) is 4.74 Å². The number of sulfonamides is 1. The molecule has 9 nitrogen and oxygen atoms in total. The number of rotatable bonds is 7. The molecule has 1 N–H and O–H groups in total. The van der Waals surface area contributed by atoms with Gasteiger partial charge in [0, 0.05) is 17.8 Å². The van der Waals surface area contributed by atoms with E-state index in [9.17, 15) is 23.6 Å². The lowest BCUT2D eigenvalue weighted by molar-refractivity contribution is -0.136. The number of ether oxygens (including phenoxy) is 1. The summed E-state index contributed by atoms with van der Waals surface area (Å²) in [5, 5.41) is 24.7. The molecule has 0 aliphatic carbocycles. The van der Waals surface area contributed by atoms with Gasteiger partial charge in [0.2, 0.25) is 10.0 Å². The molecule has 4 rings (SSSR count). The molecular weight excluding hydrogens is 456 g/mol. The summed E-state index contributed by atoms with van der Waals surface area (Å²) in [5.41, 5.74) is -0.222. The third-order valence-electron chi connectivity index (χ3n) is 6.61. The molecule has 0 radical (unpaired) electrons. The second-order valence-corrected chi connectivity index (χ2v) is 10.4. The second-order valence-electron chi connectivity index (χ2n) is 8.53. The highest BCUT2D eigenvalue weighted by Gasteiger charge is 2.55. The average Bonchev–Trinajstić information content (AvgIpc) is 3.30. The summed E-state index contributed by atoms with van der Waals surface area (Å²) < 4.78 is 35.6. The fraction of sp³-hybridized carbons (Fsp3) is 0.375. The number of hydrogen-bond donors (Lipinski definition) is 1. The van der Waals surface area contributed by atoms with E-state index < -0.39 is 33.5 Å². The van der Waals surface area contributed by atoms with Gasteiger partial charge in [0.1, 0.15) is 11.3 Å². The van der Waals surface area contributed by atoms with Gasteiger partial charge in [-0.15, -0.1) is 0 Å². The normalized spacial score (nSPS) is 23.1. The first kappa shape index (κ1) is 23.7. The van der Waals surface area contributed by atoms with E-state index in [1.807, 2.05) is 26.0 Å². The molecule has 3 aromatic rings. The van der Waals surface area contributed by atoms with Crippen molar-refractivity contribution in [1.29, 1.82) is 5.26 Å². The summed E-state index contributed by atoms with van der Waals surface area (Å²) in [6, 6.07) is 15.2. The van der Waals surface area contributed by atoms with Crippen LogP contribution in [0.15, 0.2) is 53.4 Å². The summed E-state index contributed by atoms with van der Waals surface area (Å²) in [6.45, 7) is 5.78. The maximum Gasteiger partial charge on any atom is 0.309 e. The number of carbonyl (C=O) groups is 1. The van der Waals surface area contributed by atoms with Crippen LogP contribution in [-0.4, -0.2) is 52.3 Å². The van der Waals surface area contributed by atoms with Crippen LogP contribution in [0.5, 0.6) is 5.75 Å². The maximum atomic E-state index is 13.6. The standard InChI is InChI=1S/C24H26N4O5S/c1-4-33-17-9-11-18(12-10-17)34(31,32)27-14-22(16(2)24(27,3)15-25)28-21-8-6-5-7-19(21)20(26-28)13-23(29)30/h5-12,16,22H,4,13-14H2,1-3H3,(H,29,30)/t16-,22-,24-/m0/s1. The first-order chi connectivity index (χ1) is 16.1. The molecule has 1 aliphatic heterocycles. The number of nitrogens with zero attached hydrogens (tertiary/aromatic N) is 4. The third-order valence-corrected chi connectivity index (χ3v) is 8.58. The highest BCUT2D eigenvalue weighted by Crippen LogP contribution is 2.45. The predicted octanol–water partition coefficient (Wildman–Crippen LogP) is 3.23. The molecule has 178 valence electrons. The Morgan fingerprint density at radius 2 is 1.94 bits per heavy atom. The van der Waals surface area contributed by atoms with E-state index in [2.05, 4.69) is 11.2 Å². The van der Waals surface area contributed by atoms with Crippen LogP contribution < -0.4 is 4.74 Å². The quantitative estimate of drug-likeness (QED) is 0.548. The van der Waals surface area contributed by atoms with Gasteiger partial charge in [-0.05, 0) is 44.2 Å². The lowest BCUT2D eigenvalue weighted by Crippen LogP contribution is -2.46. The van der Waals surface area contributed by atoms with E-state index in [0.29, 0.717) is 29.0 Å². The highest BCUT2D eigenvalue weighted by atomic mass is 32.2. The van der Waals surface area contributed by atoms with Gasteiger partial charge < -0.3 is 9.84 Å². The maximum absolute atomic E-state index is 13.6. The minimum atomic E-state index is -4.01. The molecule has 0 saturated carbocycles. The number of carboxylic acids is 1. The van der Waals surface area contributed by atoms with E-state index in [1.165, 1.54) is 16.4 Å². The third kappa shape index (κ3) is 3.81. The molecule has 0 amide bonds. The van der Waals surface area contributed by atoms with Crippen molar-refractivity contribution >= 4 is 26.9 Å². The fourth-order valence-corrected chi connectivity index (χ4v) is 6.39. The molecule has 1 aromatic heterocycles. The number of carboxylic acid groups (broad SMARTS) is 1. The van der Waals surface area contributed by atoms with Crippen LogP contribution in [-0.2, 0) is 21.2 Å². The molecule has 0 spiro atoms. The van der Waals surface area contributed by atoms with Crippen LogP contribution in [0, 0.1) is 17.2 Å². The minimum absolute atomic E-state index is 0.0267. The molecule has 2 aromatic carbocycles. The molecule has 34 heavy (non-hydrogen) atoms. The van der Waals surface area contributed by atoms with Crippen molar-refractivity contribution in [3.05, 3.63) is 54.2 Å². The summed E-state index contributed by atoms with van der Waals surface area (Å²) >= 11 is 0. The highest BCUT2D eigenvalue weighted by molar-refractivity contribution is 7.89. The number of nitriles is 1. The zero-order valence-corrected chi connectivity index (χ0v) is 20.0.